The van der Waals surface area contributed by atoms with E-state index in [0.29, 0.717) is 6.08 Å². The maximum atomic E-state index is 14.4. The summed E-state index contributed by atoms with van der Waals surface area (Å²) in [6, 6.07) is 0. The second kappa shape index (κ2) is 7.86. The van der Waals surface area contributed by atoms with E-state index in [9.17, 15) is 48.3 Å². The summed E-state index contributed by atoms with van der Waals surface area (Å²) in [5.41, 5.74) is -2.29. The lowest BCUT2D eigenvalue weighted by atomic mass is 10.0. The third-order valence-corrected chi connectivity index (χ3v) is 5.77. The highest BCUT2D eigenvalue weighted by atomic mass is 35.5. The normalized spacial score (nSPS) is 22.0. The molecule has 176 valence electrons. The van der Waals surface area contributed by atoms with Gasteiger partial charge in [-0.3, -0.25) is 0 Å². The Hall–Kier alpha value is -1.43. The van der Waals surface area contributed by atoms with E-state index < -0.39 is 81.0 Å². The molecule has 0 bridgehead atoms. The highest BCUT2D eigenvalue weighted by Crippen LogP contribution is 2.62. The van der Waals surface area contributed by atoms with Crippen molar-refractivity contribution in [3.63, 3.8) is 0 Å². The van der Waals surface area contributed by atoms with Gasteiger partial charge in [0.25, 0.3) is 0 Å². The Kier molecular flexibility index (Phi) is 6.55. The number of hydrogen-bond donors (Lipinski definition) is 0. The molecular formula is C17H11Cl2F11O. The second-order valence-corrected chi connectivity index (χ2v) is 8.14. The molecule has 0 spiro atoms. The van der Waals surface area contributed by atoms with E-state index in [4.69, 9.17) is 23.2 Å². The van der Waals surface area contributed by atoms with Gasteiger partial charge in [-0.15, -0.1) is 13.2 Å². The quantitative estimate of drug-likeness (QED) is 0.223. The van der Waals surface area contributed by atoms with E-state index in [1.165, 1.54) is 13.8 Å². The van der Waals surface area contributed by atoms with E-state index >= 15 is 0 Å². The highest BCUT2D eigenvalue weighted by molar-refractivity contribution is 6.31. The van der Waals surface area contributed by atoms with Gasteiger partial charge in [0, 0.05) is 5.56 Å². The van der Waals surface area contributed by atoms with E-state index in [1.807, 2.05) is 0 Å². The first kappa shape index (κ1) is 25.8. The van der Waals surface area contributed by atoms with Crippen LogP contribution in [0, 0.1) is 34.7 Å². The highest BCUT2D eigenvalue weighted by Gasteiger charge is 2.62. The maximum Gasteiger partial charge on any atom is 0.573 e. The fourth-order valence-electron chi connectivity index (χ4n) is 3.17. The number of rotatable bonds is 5. The van der Waals surface area contributed by atoms with Crippen molar-refractivity contribution in [1.29, 1.82) is 0 Å². The van der Waals surface area contributed by atoms with Gasteiger partial charge >= 0.3 is 18.5 Å². The fraction of sp³-hybridized carbons (Fsp3) is 0.529. The average Bonchev–Trinajstić information content (AvgIpc) is 3.10. The molecule has 1 saturated carbocycles. The van der Waals surface area contributed by atoms with Gasteiger partial charge in [0.1, 0.15) is 5.02 Å². The zero-order valence-electron chi connectivity index (χ0n) is 15.3. The summed E-state index contributed by atoms with van der Waals surface area (Å²) in [5, 5.41) is -3.39. The lowest BCUT2D eigenvalue weighted by Crippen LogP contribution is -2.36. The second-order valence-electron chi connectivity index (χ2n) is 7.36. The molecule has 1 aliphatic rings. The van der Waals surface area contributed by atoms with Gasteiger partial charge in [0.05, 0.1) is 5.03 Å². The number of allylic oxidation sites excluding steroid dienone is 2. The van der Waals surface area contributed by atoms with Crippen molar-refractivity contribution in [2.45, 2.75) is 38.7 Å². The molecule has 2 unspecified atom stereocenters. The van der Waals surface area contributed by atoms with Crippen LogP contribution < -0.4 is 4.74 Å². The average molecular weight is 511 g/mol. The predicted octanol–water partition coefficient (Wildman–Crippen LogP) is 7.79. The molecule has 0 radical (unpaired) electrons. The Bertz CT molecular complexity index is 903. The third-order valence-electron chi connectivity index (χ3n) is 5.08. The van der Waals surface area contributed by atoms with Crippen LogP contribution >= 0.6 is 23.2 Å². The molecule has 0 heterocycles. The van der Waals surface area contributed by atoms with Crippen molar-refractivity contribution in [2.75, 3.05) is 0 Å². The minimum atomic E-state index is -6.00. The smallest absolute Gasteiger partial charge is 0.399 e. The zero-order valence-corrected chi connectivity index (χ0v) is 16.8. The van der Waals surface area contributed by atoms with Gasteiger partial charge in [0.2, 0.25) is 5.75 Å². The first-order chi connectivity index (χ1) is 13.7. The Balaban J connectivity index is 2.42. The molecule has 0 aromatic heterocycles. The Morgan fingerprint density at radius 3 is 1.94 bits per heavy atom. The van der Waals surface area contributed by atoms with Crippen molar-refractivity contribution >= 4 is 23.2 Å². The molecule has 14 heteroatoms. The SMILES string of the molecule is CC1(C)C(C=C(Cl)C(F)(F)C(F)(F)F)C1Cc1c(F)c(Cl)c(F)c(OC(F)(F)F)c1F. The number of benzene rings is 1. The molecule has 2 atom stereocenters. The van der Waals surface area contributed by atoms with Gasteiger partial charge in [-0.25, -0.2) is 13.2 Å². The minimum absolute atomic E-state index is 0.369. The molecule has 0 saturated heterocycles. The standard InChI is InChI=1S/C17H11Cl2F11O/c1-14(2)6(7(14)4-8(18)15(23,24)16(25,26)27)3-5-10(20)9(19)12(22)13(11(5)21)31-17(28,29)30/h4,6-7H,3H2,1-2H3. The summed E-state index contributed by atoms with van der Waals surface area (Å²) in [5.74, 6) is -15.6. The molecule has 1 aliphatic carbocycles. The molecule has 0 amide bonds. The summed E-state index contributed by atoms with van der Waals surface area (Å²) in [4.78, 5) is 0. The van der Waals surface area contributed by atoms with Crippen molar-refractivity contribution in [2.24, 2.45) is 17.3 Å². The molecular weight excluding hydrogens is 500 g/mol. The molecule has 31 heavy (non-hydrogen) atoms. The summed E-state index contributed by atoms with van der Waals surface area (Å²) in [7, 11) is 0. The molecule has 0 aliphatic heterocycles. The zero-order chi connectivity index (χ0) is 24.3. The minimum Gasteiger partial charge on any atom is -0.399 e. The monoisotopic (exact) mass is 510 g/mol. The number of ether oxygens (including phenoxy) is 1. The number of hydrogen-bond acceptors (Lipinski definition) is 1. The van der Waals surface area contributed by atoms with Crippen LogP contribution in [0.4, 0.5) is 48.3 Å². The lowest BCUT2D eigenvalue weighted by molar-refractivity contribution is -0.276. The summed E-state index contributed by atoms with van der Waals surface area (Å²) in [6.07, 6.45) is -12.0. The van der Waals surface area contributed by atoms with Crippen LogP contribution in [0.25, 0.3) is 0 Å². The molecule has 1 aromatic rings. The van der Waals surface area contributed by atoms with Gasteiger partial charge in [-0.05, 0) is 23.7 Å². The largest absolute Gasteiger partial charge is 0.573 e. The van der Waals surface area contributed by atoms with Crippen LogP contribution in [0.2, 0.25) is 5.02 Å². The van der Waals surface area contributed by atoms with Crippen LogP contribution in [-0.4, -0.2) is 18.5 Å². The number of alkyl halides is 8. The van der Waals surface area contributed by atoms with Gasteiger partial charge in [-0.2, -0.15) is 22.0 Å². The van der Waals surface area contributed by atoms with Crippen LogP contribution in [0.1, 0.15) is 19.4 Å². The van der Waals surface area contributed by atoms with E-state index in [0.717, 1.165) is 0 Å². The first-order valence-corrected chi connectivity index (χ1v) is 8.92. The van der Waals surface area contributed by atoms with E-state index in [-0.39, 0.29) is 0 Å². The Labute approximate surface area is 177 Å². The lowest BCUT2D eigenvalue weighted by Gasteiger charge is -2.18. The van der Waals surface area contributed by atoms with Crippen molar-refractivity contribution in [1.82, 2.24) is 0 Å². The van der Waals surface area contributed by atoms with Gasteiger partial charge in [0.15, 0.2) is 17.5 Å². The van der Waals surface area contributed by atoms with Crippen LogP contribution in [0.3, 0.4) is 0 Å². The fourth-order valence-corrected chi connectivity index (χ4v) is 3.61. The summed E-state index contributed by atoms with van der Waals surface area (Å²) in [6.45, 7) is 2.67. The van der Waals surface area contributed by atoms with Crippen molar-refractivity contribution < 1.29 is 53.0 Å². The predicted molar refractivity (Wildman–Crippen MR) is 87.4 cm³/mol. The molecule has 1 aromatic carbocycles. The van der Waals surface area contributed by atoms with E-state index in [1.54, 1.807) is 0 Å². The Morgan fingerprint density at radius 1 is 0.968 bits per heavy atom. The van der Waals surface area contributed by atoms with Gasteiger partial charge < -0.3 is 4.74 Å². The van der Waals surface area contributed by atoms with Crippen LogP contribution in [0.15, 0.2) is 11.1 Å². The number of halogens is 13. The van der Waals surface area contributed by atoms with E-state index in [2.05, 4.69) is 4.74 Å². The van der Waals surface area contributed by atoms with Crippen molar-refractivity contribution in [3.8, 4) is 5.75 Å². The molecule has 2 rings (SSSR count). The van der Waals surface area contributed by atoms with Gasteiger partial charge in [-0.1, -0.05) is 43.1 Å². The first-order valence-electron chi connectivity index (χ1n) is 8.16. The topological polar surface area (TPSA) is 9.23 Å². The maximum absolute atomic E-state index is 14.4. The third kappa shape index (κ3) is 4.84. The van der Waals surface area contributed by atoms with Crippen LogP contribution in [0.5, 0.6) is 5.75 Å². The summed E-state index contributed by atoms with van der Waals surface area (Å²) >= 11 is 10.4. The summed E-state index contributed by atoms with van der Waals surface area (Å²) < 4.78 is 147. The molecule has 1 nitrogen and oxygen atoms in total. The molecule has 1 fully saturated rings. The Morgan fingerprint density at radius 2 is 1.48 bits per heavy atom. The molecule has 0 N–H and O–H groups in total. The van der Waals surface area contributed by atoms with Crippen molar-refractivity contribution in [3.05, 3.63) is 39.1 Å². The van der Waals surface area contributed by atoms with Crippen LogP contribution in [-0.2, 0) is 6.42 Å².